The van der Waals surface area contributed by atoms with Gasteiger partial charge in [0.1, 0.15) is 53.0 Å². The van der Waals surface area contributed by atoms with Gasteiger partial charge in [0.25, 0.3) is 0 Å². The maximum Gasteiger partial charge on any atom is 0.339 e. The van der Waals surface area contributed by atoms with E-state index in [4.69, 9.17) is 16.3 Å². The number of fused-ring (bicyclic) bond motifs is 8. The van der Waals surface area contributed by atoms with Crippen molar-refractivity contribution in [1.82, 2.24) is 26.6 Å². The van der Waals surface area contributed by atoms with E-state index in [0.717, 1.165) is 25.1 Å². The van der Waals surface area contributed by atoms with Gasteiger partial charge in [-0.3, -0.25) is 23.7 Å². The molecular formula is C39H39ClN5O14P. The van der Waals surface area contributed by atoms with E-state index in [9.17, 15) is 63.9 Å². The number of carboxylic acids is 1. The maximum atomic E-state index is 14.5. The first-order valence-corrected chi connectivity index (χ1v) is 20.2. The summed E-state index contributed by atoms with van der Waals surface area (Å²) in [5.41, 5.74) is -0.555. The third-order valence-corrected chi connectivity index (χ3v) is 11.0. The van der Waals surface area contributed by atoms with Crippen LogP contribution in [0.15, 0.2) is 54.6 Å². The predicted molar refractivity (Wildman–Crippen MR) is 211 cm³/mol. The Morgan fingerprint density at radius 2 is 1.55 bits per heavy atom. The van der Waals surface area contributed by atoms with Crippen LogP contribution >= 0.6 is 19.2 Å². The van der Waals surface area contributed by atoms with Gasteiger partial charge in [-0.2, -0.15) is 0 Å². The number of phenols is 3. The van der Waals surface area contributed by atoms with Crippen molar-refractivity contribution in [2.45, 2.75) is 57.6 Å². The number of aryl methyl sites for hydroxylation is 1. The van der Waals surface area contributed by atoms with Crippen LogP contribution in [0.5, 0.6) is 28.7 Å². The molecular weight excluding hydrogens is 829 g/mol. The Morgan fingerprint density at radius 1 is 0.850 bits per heavy atom. The highest BCUT2D eigenvalue weighted by Gasteiger charge is 2.40. The van der Waals surface area contributed by atoms with Crippen LogP contribution in [0.3, 0.4) is 0 Å². The second-order valence-corrected chi connectivity index (χ2v) is 16.3. The number of halogens is 1. The molecule has 3 aliphatic heterocycles. The van der Waals surface area contributed by atoms with Crippen molar-refractivity contribution in [3.05, 3.63) is 98.6 Å². The largest absolute Gasteiger partial charge is 0.507 e. The van der Waals surface area contributed by atoms with Crippen LogP contribution in [0.4, 0.5) is 0 Å². The average Bonchev–Trinajstić information content (AvgIpc) is 3.16. The molecule has 0 fully saturated rings. The second kappa shape index (κ2) is 16.8. The van der Waals surface area contributed by atoms with Crippen molar-refractivity contribution in [3.8, 4) is 39.9 Å². The van der Waals surface area contributed by atoms with Crippen molar-refractivity contribution in [2.24, 2.45) is 0 Å². The Morgan fingerprint density at radius 3 is 2.20 bits per heavy atom. The van der Waals surface area contributed by atoms with Crippen molar-refractivity contribution in [2.75, 3.05) is 6.29 Å². The summed E-state index contributed by atoms with van der Waals surface area (Å²) in [6, 6.07) is 3.75. The molecule has 5 atom stereocenters. The number of nitrogens with one attached hydrogen (secondary N) is 5. The van der Waals surface area contributed by atoms with Crippen LogP contribution in [0, 0.1) is 13.8 Å². The van der Waals surface area contributed by atoms with Gasteiger partial charge in [-0.15, -0.1) is 0 Å². The lowest BCUT2D eigenvalue weighted by Crippen LogP contribution is -2.55. The Kier molecular flexibility index (Phi) is 12.1. The van der Waals surface area contributed by atoms with Gasteiger partial charge < -0.3 is 66.6 Å². The molecule has 60 heavy (non-hydrogen) atoms. The van der Waals surface area contributed by atoms with Gasteiger partial charge in [0.15, 0.2) is 6.04 Å². The van der Waals surface area contributed by atoms with E-state index < -0.39 is 114 Å². The van der Waals surface area contributed by atoms with Crippen molar-refractivity contribution in [1.29, 1.82) is 0 Å². The highest BCUT2D eigenvalue weighted by molar-refractivity contribution is 7.51. The monoisotopic (exact) mass is 867 g/mol. The number of amides is 4. The van der Waals surface area contributed by atoms with Crippen LogP contribution in [-0.2, 0) is 35.1 Å². The summed E-state index contributed by atoms with van der Waals surface area (Å²) in [5.74, 6) is -7.88. The van der Waals surface area contributed by atoms with Crippen LogP contribution in [0.1, 0.15) is 70.1 Å². The smallest absolute Gasteiger partial charge is 0.339 e. The molecule has 0 saturated carbocycles. The SMILES string of the molecule is CC(=O)NC1C(=O)NC2C(=O)NC(C(=O)NC(C(=O)O)c3cc(O)c(CNCP(=O)(O)O)c(O)c3-c3cc2ccc3O)C(O)c2ccc(c(Cl)c2)Oc2cc1cc(C)c2C. The zero-order chi connectivity index (χ0) is 44.0. The Labute approximate surface area is 345 Å². The highest BCUT2D eigenvalue weighted by Crippen LogP contribution is 2.47. The van der Waals surface area contributed by atoms with Crippen molar-refractivity contribution in [3.63, 3.8) is 0 Å². The van der Waals surface area contributed by atoms with E-state index in [0.29, 0.717) is 11.1 Å². The summed E-state index contributed by atoms with van der Waals surface area (Å²) in [5, 5.41) is 68.4. The lowest BCUT2D eigenvalue weighted by molar-refractivity contribution is -0.143. The fraction of sp³-hybridized carbons (Fsp3) is 0.256. The molecule has 21 heteroatoms. The van der Waals surface area contributed by atoms with Crippen molar-refractivity contribution >= 4 is 48.8 Å². The maximum absolute atomic E-state index is 14.5. The summed E-state index contributed by atoms with van der Waals surface area (Å²) < 4.78 is 17.7. The summed E-state index contributed by atoms with van der Waals surface area (Å²) in [4.78, 5) is 87.4. The van der Waals surface area contributed by atoms with Crippen LogP contribution in [0.2, 0.25) is 5.02 Å². The zero-order valence-electron chi connectivity index (χ0n) is 31.8. The molecule has 19 nitrogen and oxygen atoms in total. The van der Waals surface area contributed by atoms with Gasteiger partial charge in [0.05, 0.1) is 16.9 Å². The van der Waals surface area contributed by atoms with E-state index in [1.54, 1.807) is 19.9 Å². The number of carbonyl (C=O) groups is 5. The quantitative estimate of drug-likeness (QED) is 0.124. The number of ether oxygens (including phenoxy) is 1. The number of aliphatic carboxylic acids is 1. The molecule has 316 valence electrons. The number of benzene rings is 4. The van der Waals surface area contributed by atoms with Crippen LogP contribution in [0.25, 0.3) is 11.1 Å². The third-order valence-electron chi connectivity index (χ3n) is 10.0. The number of phenolic OH excluding ortho intramolecular Hbond substituents is 3. The van der Waals surface area contributed by atoms with Gasteiger partial charge in [-0.25, -0.2) is 4.79 Å². The molecule has 3 heterocycles. The van der Waals surface area contributed by atoms with E-state index >= 15 is 0 Å². The lowest BCUT2D eigenvalue weighted by atomic mass is 9.88. The molecule has 3 aliphatic rings. The predicted octanol–water partition coefficient (Wildman–Crippen LogP) is 2.58. The van der Waals surface area contributed by atoms with E-state index in [1.807, 2.05) is 0 Å². The fourth-order valence-electron chi connectivity index (χ4n) is 6.94. The summed E-state index contributed by atoms with van der Waals surface area (Å²) in [6.07, 6.45) is -2.87. The number of hydrogen-bond donors (Lipinski definition) is 12. The van der Waals surface area contributed by atoms with E-state index in [-0.39, 0.29) is 38.8 Å². The first kappa shape index (κ1) is 43.4. The Hall–Kier alpha value is -6.21. The molecule has 7 rings (SSSR count). The molecule has 0 saturated heterocycles. The van der Waals surface area contributed by atoms with E-state index in [1.165, 1.54) is 30.3 Å². The molecule has 4 aromatic rings. The van der Waals surface area contributed by atoms with Crippen molar-refractivity contribution < 1.29 is 68.6 Å². The number of carboxylic acid groups (broad SMARTS) is 1. The average molecular weight is 868 g/mol. The minimum Gasteiger partial charge on any atom is -0.507 e. The van der Waals surface area contributed by atoms with Gasteiger partial charge in [-0.1, -0.05) is 29.8 Å². The normalized spacial score (nSPS) is 20.4. The minimum atomic E-state index is -4.65. The van der Waals surface area contributed by atoms with Gasteiger partial charge >= 0.3 is 13.6 Å². The first-order chi connectivity index (χ1) is 28.1. The molecule has 0 aromatic heterocycles. The number of aliphatic hydroxyl groups is 1. The first-order valence-electron chi connectivity index (χ1n) is 18.0. The van der Waals surface area contributed by atoms with E-state index in [2.05, 4.69) is 26.6 Å². The molecule has 0 spiro atoms. The van der Waals surface area contributed by atoms with Gasteiger partial charge in [-0.05, 0) is 78.1 Å². The van der Waals surface area contributed by atoms with Gasteiger partial charge in [0, 0.05) is 30.2 Å². The minimum absolute atomic E-state index is 0.0538. The zero-order valence-corrected chi connectivity index (χ0v) is 33.5. The topological polar surface area (TPSA) is 313 Å². The molecule has 0 aliphatic carbocycles. The molecule has 0 radical (unpaired) electrons. The van der Waals surface area contributed by atoms with Gasteiger partial charge in [0.2, 0.25) is 23.6 Å². The number of aliphatic hydroxyl groups excluding tert-OH is 1. The molecule has 5 unspecified atom stereocenters. The van der Waals surface area contributed by atoms with Crippen LogP contribution < -0.4 is 31.3 Å². The number of carbonyl (C=O) groups excluding carboxylic acids is 4. The molecule has 12 N–H and O–H groups in total. The summed E-state index contributed by atoms with van der Waals surface area (Å²) in [6.45, 7) is 4.03. The standard InChI is InChI=1S/C39H39ClN5O14P/c1-15-8-20-11-28(16(15)2)59-27-7-5-19(10-24(27)40)34(49)33-38(53)44-32(39(54)55)22-12-26(48)23(13-41-14-60(56,57)58)35(50)29(22)21-9-18(4-6-25(21)47)30(36(51)45-33)43-37(52)31(20)42-17(3)46/h4-12,30-34,41,47-50H,13-14H2,1-3H3,(H,42,46)(H,43,52)(H,44,53)(H,45,51)(H,54,55)(H2,56,57,58). The Bertz CT molecular complexity index is 2510. The van der Waals surface area contributed by atoms with Crippen LogP contribution in [-0.4, -0.2) is 77.2 Å². The summed E-state index contributed by atoms with van der Waals surface area (Å²) >= 11 is 6.63. The second-order valence-electron chi connectivity index (χ2n) is 14.3. The third kappa shape index (κ3) is 8.86. The molecule has 4 aromatic carbocycles. The molecule has 4 amide bonds. The molecule has 8 bridgehead atoms. The fourth-order valence-corrected chi connectivity index (χ4v) is 7.57. The lowest BCUT2D eigenvalue weighted by Gasteiger charge is -2.31. The number of rotatable bonds is 6. The number of aromatic hydroxyl groups is 3. The number of hydrogen-bond acceptors (Lipinski definition) is 12. The highest BCUT2D eigenvalue weighted by atomic mass is 35.5. The Balaban J connectivity index is 1.64. The summed E-state index contributed by atoms with van der Waals surface area (Å²) in [7, 11) is -4.65.